The highest BCUT2D eigenvalue weighted by Gasteiger charge is 2.28. The summed E-state index contributed by atoms with van der Waals surface area (Å²) in [5.41, 5.74) is 1.16. The number of carbonyl (C=O) groups excluding carboxylic acids is 2. The smallest absolute Gasteiger partial charge is 0.263 e. The lowest BCUT2D eigenvalue weighted by Crippen LogP contribution is -2.53. The molecule has 0 atom stereocenters. The van der Waals surface area contributed by atoms with Crippen molar-refractivity contribution < 1.29 is 22.4 Å². The van der Waals surface area contributed by atoms with E-state index < -0.39 is 10.0 Å². The van der Waals surface area contributed by atoms with Gasteiger partial charge in [0, 0.05) is 36.6 Å². The second-order valence-electron chi connectivity index (χ2n) is 7.94. The Bertz CT molecular complexity index is 1500. The molecule has 2 aromatic carbocycles. The van der Waals surface area contributed by atoms with E-state index in [0.29, 0.717) is 17.7 Å². The highest BCUT2D eigenvalue weighted by atomic mass is 32.2. The Morgan fingerprint density at radius 3 is 2.63 bits per heavy atom. The molecule has 0 bridgehead atoms. The molecule has 1 fully saturated rings. The Hall–Kier alpha value is -3.77. The number of sulfonamides is 1. The maximum absolute atomic E-state index is 13.6. The second-order valence-corrected chi connectivity index (χ2v) is 10.5. The molecule has 4 aromatic rings. The Balaban J connectivity index is 1.23. The van der Waals surface area contributed by atoms with E-state index in [9.17, 15) is 22.4 Å². The summed E-state index contributed by atoms with van der Waals surface area (Å²) in [6, 6.07) is 12.2. The van der Waals surface area contributed by atoms with Crippen LogP contribution in [-0.4, -0.2) is 54.3 Å². The van der Waals surface area contributed by atoms with E-state index in [1.54, 1.807) is 34.3 Å². The predicted octanol–water partition coefficient (Wildman–Crippen LogP) is 2.91. The quantitative estimate of drug-likeness (QED) is 0.427. The van der Waals surface area contributed by atoms with Crippen LogP contribution in [0.2, 0.25) is 0 Å². The van der Waals surface area contributed by atoms with E-state index in [0.717, 1.165) is 5.39 Å². The maximum Gasteiger partial charge on any atom is 0.263 e. The van der Waals surface area contributed by atoms with Gasteiger partial charge in [0.1, 0.15) is 18.9 Å². The number of hydrogen-bond acceptors (Lipinski definition) is 6. The van der Waals surface area contributed by atoms with Crippen LogP contribution in [0.15, 0.2) is 71.2 Å². The molecule has 1 N–H and O–H groups in total. The van der Waals surface area contributed by atoms with E-state index in [-0.39, 0.29) is 47.3 Å². The average Bonchev–Trinajstić information content (AvgIpc) is 3.48. The van der Waals surface area contributed by atoms with Crippen molar-refractivity contribution in [3.05, 3.63) is 72.1 Å². The van der Waals surface area contributed by atoms with Crippen molar-refractivity contribution in [2.75, 3.05) is 29.3 Å². The molecular weight excluding hydrogens is 493 g/mol. The summed E-state index contributed by atoms with van der Waals surface area (Å²) >= 11 is 1.17. The Kier molecular flexibility index (Phi) is 5.99. The first kappa shape index (κ1) is 23.0. The largest absolute Gasteiger partial charge is 0.338 e. The highest BCUT2D eigenvalue weighted by molar-refractivity contribution is 7.93. The number of thiazole rings is 1. The van der Waals surface area contributed by atoms with Gasteiger partial charge >= 0.3 is 0 Å². The summed E-state index contributed by atoms with van der Waals surface area (Å²) < 4.78 is 42.7. The van der Waals surface area contributed by atoms with E-state index in [1.165, 1.54) is 51.6 Å². The number of aromatic nitrogens is 2. The van der Waals surface area contributed by atoms with E-state index in [4.69, 9.17) is 0 Å². The van der Waals surface area contributed by atoms with Gasteiger partial charge < -0.3 is 14.4 Å². The third kappa shape index (κ3) is 4.75. The summed E-state index contributed by atoms with van der Waals surface area (Å²) in [5, 5.41) is 2.76. The van der Waals surface area contributed by atoms with Crippen LogP contribution in [0, 0.1) is 5.82 Å². The molecule has 35 heavy (non-hydrogen) atoms. The van der Waals surface area contributed by atoms with Crippen LogP contribution in [0.5, 0.6) is 0 Å². The number of nitrogens with zero attached hydrogens (tertiary/aromatic N) is 4. The number of hydrogen-bond donors (Lipinski definition) is 1. The van der Waals surface area contributed by atoms with Gasteiger partial charge in [-0.1, -0.05) is 0 Å². The fourth-order valence-electron chi connectivity index (χ4n) is 3.95. The van der Waals surface area contributed by atoms with Crippen LogP contribution in [0.4, 0.5) is 15.2 Å². The molecule has 2 aromatic heterocycles. The summed E-state index contributed by atoms with van der Waals surface area (Å²) in [5.74, 6) is -0.898. The van der Waals surface area contributed by atoms with Gasteiger partial charge in [-0.3, -0.25) is 14.3 Å². The molecule has 12 heteroatoms. The van der Waals surface area contributed by atoms with Gasteiger partial charge in [0.05, 0.1) is 10.4 Å². The monoisotopic (exact) mass is 513 g/mol. The number of rotatable bonds is 6. The number of benzene rings is 2. The van der Waals surface area contributed by atoms with Crippen molar-refractivity contribution in [2.24, 2.45) is 0 Å². The molecule has 1 aliphatic heterocycles. The zero-order valence-electron chi connectivity index (χ0n) is 18.3. The number of halogens is 1. The summed E-state index contributed by atoms with van der Waals surface area (Å²) in [7, 11) is -3.79. The molecule has 2 amide bonds. The fraction of sp³-hybridized carbons (Fsp3) is 0.174. The van der Waals surface area contributed by atoms with Crippen LogP contribution in [0.3, 0.4) is 0 Å². The van der Waals surface area contributed by atoms with Gasteiger partial charge in [-0.25, -0.2) is 17.8 Å². The number of carbonyl (C=O) groups is 2. The van der Waals surface area contributed by atoms with Crippen LogP contribution >= 0.6 is 11.3 Å². The van der Waals surface area contributed by atoms with Crippen LogP contribution in [-0.2, 0) is 26.2 Å². The maximum atomic E-state index is 13.6. The summed E-state index contributed by atoms with van der Waals surface area (Å²) in [6.07, 6.45) is 3.22. The molecule has 0 radical (unpaired) electrons. The molecule has 0 unspecified atom stereocenters. The number of fused-ring (bicyclic) bond motifs is 1. The topological polar surface area (TPSA) is 105 Å². The Morgan fingerprint density at radius 2 is 1.91 bits per heavy atom. The molecule has 180 valence electrons. The van der Waals surface area contributed by atoms with Gasteiger partial charge in [-0.15, -0.1) is 11.3 Å². The summed E-state index contributed by atoms with van der Waals surface area (Å²) in [6.45, 7) is 0.496. The fourth-order valence-corrected chi connectivity index (χ4v) is 5.74. The number of anilines is 2. The molecule has 3 heterocycles. The van der Waals surface area contributed by atoms with Gasteiger partial charge in [0.2, 0.25) is 11.8 Å². The predicted molar refractivity (Wildman–Crippen MR) is 130 cm³/mol. The zero-order valence-corrected chi connectivity index (χ0v) is 19.9. The SMILES string of the molecule is O=C(Cn1ccc2ccc(F)cc21)N1CCN(c2ccc(S(=O)(=O)Nc3nccs3)cc2)C(=O)C1. The Labute approximate surface area is 204 Å². The van der Waals surface area contributed by atoms with E-state index in [1.807, 2.05) is 6.07 Å². The molecule has 0 saturated carbocycles. The van der Waals surface area contributed by atoms with Crippen molar-refractivity contribution in [2.45, 2.75) is 11.4 Å². The minimum absolute atomic E-state index is 0.00110. The van der Waals surface area contributed by atoms with Gasteiger partial charge in [0.15, 0.2) is 5.13 Å². The summed E-state index contributed by atoms with van der Waals surface area (Å²) in [4.78, 5) is 32.6. The van der Waals surface area contributed by atoms with Crippen LogP contribution < -0.4 is 9.62 Å². The van der Waals surface area contributed by atoms with Crippen molar-refractivity contribution >= 4 is 54.9 Å². The highest BCUT2D eigenvalue weighted by Crippen LogP contribution is 2.23. The van der Waals surface area contributed by atoms with E-state index in [2.05, 4.69) is 9.71 Å². The number of nitrogens with one attached hydrogen (secondary N) is 1. The average molecular weight is 514 g/mol. The normalized spacial score (nSPS) is 14.5. The third-order valence-electron chi connectivity index (χ3n) is 5.73. The van der Waals surface area contributed by atoms with Gasteiger partial charge in [-0.2, -0.15) is 0 Å². The third-order valence-corrected chi connectivity index (χ3v) is 7.90. The van der Waals surface area contributed by atoms with Gasteiger partial charge in [0.25, 0.3) is 10.0 Å². The number of amides is 2. The second kappa shape index (κ2) is 9.12. The first-order valence-corrected chi connectivity index (χ1v) is 13.0. The first-order valence-electron chi connectivity index (χ1n) is 10.6. The van der Waals surface area contributed by atoms with Crippen molar-refractivity contribution in [3.63, 3.8) is 0 Å². The lowest BCUT2D eigenvalue weighted by atomic mass is 10.2. The van der Waals surface area contributed by atoms with Crippen LogP contribution in [0.25, 0.3) is 10.9 Å². The van der Waals surface area contributed by atoms with Crippen LogP contribution in [0.1, 0.15) is 0 Å². The lowest BCUT2D eigenvalue weighted by Gasteiger charge is -2.34. The molecular formula is C23H20FN5O4S2. The standard InChI is InChI=1S/C23H20FN5O4S2/c24-17-2-1-16-7-9-27(20(16)13-17)14-21(30)28-10-11-29(22(31)15-28)18-3-5-19(6-4-18)35(32,33)26-23-25-8-12-34-23/h1-9,12-13H,10-11,14-15H2,(H,25,26). The zero-order chi connectivity index (χ0) is 24.6. The minimum atomic E-state index is -3.79. The molecule has 0 aliphatic carbocycles. The Morgan fingerprint density at radius 1 is 1.11 bits per heavy atom. The van der Waals surface area contributed by atoms with Crippen molar-refractivity contribution in [1.82, 2.24) is 14.5 Å². The molecule has 5 rings (SSSR count). The molecule has 1 aliphatic rings. The van der Waals surface area contributed by atoms with E-state index >= 15 is 0 Å². The first-order chi connectivity index (χ1) is 16.8. The van der Waals surface area contributed by atoms with Crippen molar-refractivity contribution in [1.29, 1.82) is 0 Å². The van der Waals surface area contributed by atoms with Crippen molar-refractivity contribution in [3.8, 4) is 0 Å². The molecule has 1 saturated heterocycles. The van der Waals surface area contributed by atoms with Gasteiger partial charge in [-0.05, 0) is 53.9 Å². The lowest BCUT2D eigenvalue weighted by molar-refractivity contribution is -0.137. The minimum Gasteiger partial charge on any atom is -0.338 e. The molecule has 9 nitrogen and oxygen atoms in total. The molecule has 0 spiro atoms. The number of piperazine rings is 1.